The van der Waals surface area contributed by atoms with Gasteiger partial charge in [0, 0.05) is 10.5 Å². The first kappa shape index (κ1) is 14.1. The van der Waals surface area contributed by atoms with Crippen LogP contribution in [0.15, 0.2) is 40.9 Å². The molecule has 0 amide bonds. The van der Waals surface area contributed by atoms with Gasteiger partial charge in [0.05, 0.1) is 11.0 Å². The molecular formula is C16H15BrN2O2. The molecule has 5 heteroatoms. The van der Waals surface area contributed by atoms with Gasteiger partial charge < -0.3 is 5.32 Å². The Morgan fingerprint density at radius 3 is 2.86 bits per heavy atom. The third kappa shape index (κ3) is 2.78. The number of aryl methyl sites for hydroxylation is 2. The van der Waals surface area contributed by atoms with E-state index in [1.165, 1.54) is 22.8 Å². The van der Waals surface area contributed by atoms with Crippen molar-refractivity contribution in [3.8, 4) is 0 Å². The van der Waals surface area contributed by atoms with Crippen LogP contribution in [0.25, 0.3) is 0 Å². The molecule has 0 fully saturated rings. The van der Waals surface area contributed by atoms with Crippen LogP contribution in [0.2, 0.25) is 0 Å². The van der Waals surface area contributed by atoms with Gasteiger partial charge in [0.1, 0.15) is 5.69 Å². The van der Waals surface area contributed by atoms with E-state index in [-0.39, 0.29) is 16.7 Å². The van der Waals surface area contributed by atoms with Gasteiger partial charge in [0.25, 0.3) is 5.69 Å². The average molecular weight is 347 g/mol. The van der Waals surface area contributed by atoms with Crippen LogP contribution in [-0.4, -0.2) is 4.92 Å². The summed E-state index contributed by atoms with van der Waals surface area (Å²) in [5.74, 6) is 0. The molecule has 1 aliphatic carbocycles. The number of hydrogen-bond acceptors (Lipinski definition) is 3. The first-order valence-electron chi connectivity index (χ1n) is 6.84. The topological polar surface area (TPSA) is 55.2 Å². The standard InChI is InChI=1S/C16H15BrN2O2/c1-10-2-3-11-4-6-14(13(11)8-10)18-15-7-5-12(17)9-16(15)19(20)21/h2-3,5,7-9,14,18H,4,6H2,1H3. The Balaban J connectivity index is 1.93. The van der Waals surface area contributed by atoms with E-state index >= 15 is 0 Å². The highest BCUT2D eigenvalue weighted by Gasteiger charge is 2.25. The molecular weight excluding hydrogens is 332 g/mol. The van der Waals surface area contributed by atoms with Gasteiger partial charge in [-0.3, -0.25) is 10.1 Å². The van der Waals surface area contributed by atoms with E-state index in [1.807, 2.05) is 6.07 Å². The number of halogens is 1. The van der Waals surface area contributed by atoms with E-state index in [9.17, 15) is 10.1 Å². The summed E-state index contributed by atoms with van der Waals surface area (Å²) < 4.78 is 0.711. The minimum absolute atomic E-state index is 0.102. The first-order valence-corrected chi connectivity index (χ1v) is 7.64. The highest BCUT2D eigenvalue weighted by atomic mass is 79.9. The lowest BCUT2D eigenvalue weighted by Gasteiger charge is -2.16. The Labute approximate surface area is 131 Å². The van der Waals surface area contributed by atoms with Crippen LogP contribution in [0, 0.1) is 17.0 Å². The molecule has 1 unspecified atom stereocenters. The van der Waals surface area contributed by atoms with Crippen molar-refractivity contribution in [3.05, 3.63) is 67.7 Å². The summed E-state index contributed by atoms with van der Waals surface area (Å²) in [6.45, 7) is 2.07. The summed E-state index contributed by atoms with van der Waals surface area (Å²) in [6, 6.07) is 11.7. The van der Waals surface area contributed by atoms with Crippen LogP contribution >= 0.6 is 15.9 Å². The SMILES string of the molecule is Cc1ccc2c(c1)C(Nc1ccc(Br)cc1[N+](=O)[O-])CC2. The molecule has 2 aromatic rings. The fraction of sp³-hybridized carbons (Fsp3) is 0.250. The van der Waals surface area contributed by atoms with Crippen molar-refractivity contribution in [2.45, 2.75) is 25.8 Å². The van der Waals surface area contributed by atoms with E-state index in [4.69, 9.17) is 0 Å². The molecule has 0 saturated carbocycles. The fourth-order valence-electron chi connectivity index (χ4n) is 2.84. The highest BCUT2D eigenvalue weighted by molar-refractivity contribution is 9.10. The van der Waals surface area contributed by atoms with Crippen molar-refractivity contribution < 1.29 is 4.92 Å². The predicted octanol–water partition coefficient (Wildman–Crippen LogP) is 4.77. The van der Waals surface area contributed by atoms with Gasteiger partial charge in [0.2, 0.25) is 0 Å². The smallest absolute Gasteiger partial charge is 0.293 e. The third-order valence-electron chi connectivity index (χ3n) is 3.87. The number of nitro benzene ring substituents is 1. The molecule has 4 nitrogen and oxygen atoms in total. The highest BCUT2D eigenvalue weighted by Crippen LogP contribution is 2.37. The number of nitro groups is 1. The lowest BCUT2D eigenvalue weighted by molar-refractivity contribution is -0.384. The van der Waals surface area contributed by atoms with Crippen molar-refractivity contribution in [1.82, 2.24) is 0 Å². The van der Waals surface area contributed by atoms with Crippen molar-refractivity contribution in [2.24, 2.45) is 0 Å². The molecule has 1 N–H and O–H groups in total. The van der Waals surface area contributed by atoms with Crippen LogP contribution in [0.4, 0.5) is 11.4 Å². The first-order chi connectivity index (χ1) is 10.0. The lowest BCUT2D eigenvalue weighted by Crippen LogP contribution is -2.09. The van der Waals surface area contributed by atoms with Gasteiger partial charge in [0.15, 0.2) is 0 Å². The van der Waals surface area contributed by atoms with Crippen LogP contribution in [-0.2, 0) is 6.42 Å². The minimum atomic E-state index is -0.348. The summed E-state index contributed by atoms with van der Waals surface area (Å²) in [4.78, 5) is 10.8. The quantitative estimate of drug-likeness (QED) is 0.643. The van der Waals surface area contributed by atoms with Gasteiger partial charge >= 0.3 is 0 Å². The minimum Gasteiger partial charge on any atom is -0.373 e. The number of benzene rings is 2. The molecule has 0 bridgehead atoms. The zero-order valence-corrected chi connectivity index (χ0v) is 13.2. The van der Waals surface area contributed by atoms with Gasteiger partial charge in [-0.15, -0.1) is 0 Å². The van der Waals surface area contributed by atoms with Gasteiger partial charge in [-0.2, -0.15) is 0 Å². The van der Waals surface area contributed by atoms with Crippen LogP contribution < -0.4 is 5.32 Å². The number of hydrogen-bond donors (Lipinski definition) is 1. The molecule has 0 aliphatic heterocycles. The van der Waals surface area contributed by atoms with E-state index in [0.717, 1.165) is 12.8 Å². The second kappa shape index (κ2) is 5.48. The van der Waals surface area contributed by atoms with E-state index in [1.54, 1.807) is 6.07 Å². The normalized spacial score (nSPS) is 16.6. The lowest BCUT2D eigenvalue weighted by atomic mass is 10.0. The summed E-state index contributed by atoms with van der Waals surface area (Å²) in [6.07, 6.45) is 1.98. The monoisotopic (exact) mass is 346 g/mol. The number of fused-ring (bicyclic) bond motifs is 1. The Hall–Kier alpha value is -1.88. The van der Waals surface area contributed by atoms with Crippen molar-refractivity contribution in [1.29, 1.82) is 0 Å². The summed E-state index contributed by atoms with van der Waals surface area (Å²) in [5, 5.41) is 14.5. The van der Waals surface area contributed by atoms with Crippen molar-refractivity contribution >= 4 is 27.3 Å². The Morgan fingerprint density at radius 2 is 2.10 bits per heavy atom. The summed E-state index contributed by atoms with van der Waals surface area (Å²) in [5.41, 5.74) is 4.48. The third-order valence-corrected chi connectivity index (χ3v) is 4.36. The Kier molecular flexibility index (Phi) is 3.68. The Bertz CT molecular complexity index is 715. The zero-order valence-electron chi connectivity index (χ0n) is 11.6. The number of nitrogens with one attached hydrogen (secondary N) is 1. The molecule has 3 rings (SSSR count). The summed E-state index contributed by atoms with van der Waals surface area (Å²) in [7, 11) is 0. The predicted molar refractivity (Wildman–Crippen MR) is 86.7 cm³/mol. The van der Waals surface area contributed by atoms with Gasteiger partial charge in [-0.05, 0) is 43.0 Å². The van der Waals surface area contributed by atoms with Crippen LogP contribution in [0.3, 0.4) is 0 Å². The zero-order chi connectivity index (χ0) is 15.0. The molecule has 108 valence electrons. The molecule has 0 saturated heterocycles. The molecule has 1 aliphatic rings. The second-order valence-corrected chi connectivity index (χ2v) is 6.27. The van der Waals surface area contributed by atoms with E-state index < -0.39 is 0 Å². The van der Waals surface area contributed by atoms with E-state index in [2.05, 4.69) is 46.4 Å². The van der Waals surface area contributed by atoms with Gasteiger partial charge in [-0.25, -0.2) is 0 Å². The van der Waals surface area contributed by atoms with E-state index in [0.29, 0.717) is 10.2 Å². The van der Waals surface area contributed by atoms with Crippen molar-refractivity contribution in [2.75, 3.05) is 5.32 Å². The maximum Gasteiger partial charge on any atom is 0.293 e. The number of nitrogens with zero attached hydrogens (tertiary/aromatic N) is 1. The molecule has 0 radical (unpaired) electrons. The molecule has 0 spiro atoms. The molecule has 0 aromatic heterocycles. The van der Waals surface area contributed by atoms with Crippen LogP contribution in [0.1, 0.15) is 29.2 Å². The Morgan fingerprint density at radius 1 is 1.29 bits per heavy atom. The second-order valence-electron chi connectivity index (χ2n) is 5.36. The molecule has 2 aromatic carbocycles. The van der Waals surface area contributed by atoms with Crippen molar-refractivity contribution in [3.63, 3.8) is 0 Å². The van der Waals surface area contributed by atoms with Gasteiger partial charge in [-0.1, -0.05) is 39.7 Å². The average Bonchev–Trinajstić information content (AvgIpc) is 2.83. The van der Waals surface area contributed by atoms with Crippen LogP contribution in [0.5, 0.6) is 0 Å². The molecule has 0 heterocycles. The number of rotatable bonds is 3. The maximum atomic E-state index is 11.2. The molecule has 21 heavy (non-hydrogen) atoms. The fourth-order valence-corrected chi connectivity index (χ4v) is 3.19. The number of anilines is 1. The maximum absolute atomic E-state index is 11.2. The largest absolute Gasteiger partial charge is 0.373 e. The summed E-state index contributed by atoms with van der Waals surface area (Å²) >= 11 is 3.28. The molecule has 1 atom stereocenters.